The Balaban J connectivity index is 2.83. The molecule has 0 N–H and O–H groups in total. The summed E-state index contributed by atoms with van der Waals surface area (Å²) in [6, 6.07) is 5.62. The van der Waals surface area contributed by atoms with Crippen LogP contribution < -0.4 is 0 Å². The van der Waals surface area contributed by atoms with Crippen LogP contribution in [0.2, 0.25) is 0 Å². The Labute approximate surface area is 56.6 Å². The van der Waals surface area contributed by atoms with Crippen LogP contribution in [0.25, 0.3) is 0 Å². The van der Waals surface area contributed by atoms with E-state index in [1.54, 1.807) is 6.20 Å². The number of rotatable bonds is 1. The number of pyridine rings is 1. The highest BCUT2D eigenvalue weighted by Crippen LogP contribution is 2.17. The molecule has 0 amide bonds. The van der Waals surface area contributed by atoms with Crippen molar-refractivity contribution in [2.24, 2.45) is 0 Å². The molecule has 0 unspecified atom stereocenters. The molecule has 3 heteroatoms. The molecule has 1 rings (SSSR count). The largest absolute Gasteiger partial charge is 0.249 e. The van der Waals surface area contributed by atoms with Gasteiger partial charge in [-0.05, 0) is 22.8 Å². The van der Waals surface area contributed by atoms with Gasteiger partial charge in [0.2, 0.25) is 0 Å². The third-order valence-electron chi connectivity index (χ3n) is 0.717. The van der Waals surface area contributed by atoms with E-state index in [-0.39, 0.29) is 0 Å². The maximum absolute atomic E-state index is 5.38. The predicted octanol–water partition coefficient (Wildman–Crippen LogP) is 2.33. The van der Waals surface area contributed by atoms with E-state index in [4.69, 9.17) is 10.7 Å². The summed E-state index contributed by atoms with van der Waals surface area (Å²) in [5.41, 5.74) is 0. The van der Waals surface area contributed by atoms with Crippen molar-refractivity contribution in [3.05, 3.63) is 24.4 Å². The van der Waals surface area contributed by atoms with E-state index in [0.717, 1.165) is 16.0 Å². The minimum atomic E-state index is 0.842. The Kier molecular flexibility index (Phi) is 2.18. The molecule has 0 aromatic carbocycles. The van der Waals surface area contributed by atoms with Gasteiger partial charge in [0.1, 0.15) is 5.03 Å². The summed E-state index contributed by atoms with van der Waals surface area (Å²) >= 11 is 0. The maximum atomic E-state index is 5.38. The van der Waals surface area contributed by atoms with Gasteiger partial charge in [0, 0.05) is 17.2 Å². The van der Waals surface area contributed by atoms with E-state index < -0.39 is 0 Å². The smallest absolute Gasteiger partial charge is 0.111 e. The summed E-state index contributed by atoms with van der Waals surface area (Å²) in [7, 11) is 6.51. The molecule has 1 aromatic rings. The highest BCUT2D eigenvalue weighted by atomic mass is 35.7. The Hall–Kier alpha value is -0.210. The summed E-state index contributed by atoms with van der Waals surface area (Å²) in [6.07, 6.45) is 1.71. The van der Waals surface area contributed by atoms with Gasteiger partial charge >= 0.3 is 0 Å². The predicted molar refractivity (Wildman–Crippen MR) is 35.9 cm³/mol. The number of nitrogens with zero attached hydrogens (tertiary/aromatic N) is 1. The van der Waals surface area contributed by atoms with Gasteiger partial charge in [-0.1, -0.05) is 6.07 Å². The Bertz CT molecular complexity index is 154. The molecule has 0 aliphatic heterocycles. The molecular formula is C5H4ClNS. The molecule has 8 heavy (non-hydrogen) atoms. The summed E-state index contributed by atoms with van der Waals surface area (Å²) < 4.78 is 0. The zero-order valence-electron chi connectivity index (χ0n) is 4.04. The van der Waals surface area contributed by atoms with Gasteiger partial charge in [-0.2, -0.15) is 0 Å². The number of hydrogen-bond donors (Lipinski definition) is 0. The van der Waals surface area contributed by atoms with Crippen molar-refractivity contribution in [3.8, 4) is 0 Å². The highest BCUT2D eigenvalue weighted by Gasteiger charge is 1.84. The van der Waals surface area contributed by atoms with E-state index in [1.165, 1.54) is 0 Å². The topological polar surface area (TPSA) is 12.9 Å². The molecule has 0 bridgehead atoms. The zero-order valence-corrected chi connectivity index (χ0v) is 5.62. The molecule has 0 aliphatic rings. The van der Waals surface area contributed by atoms with E-state index in [0.29, 0.717) is 0 Å². The molecule has 1 aromatic heterocycles. The molecule has 0 aliphatic carbocycles. The van der Waals surface area contributed by atoms with Crippen LogP contribution in [0, 0.1) is 0 Å². The summed E-state index contributed by atoms with van der Waals surface area (Å²) in [4.78, 5) is 3.93. The molecule has 0 saturated carbocycles. The first-order valence-corrected chi connectivity index (χ1v) is 3.77. The van der Waals surface area contributed by atoms with E-state index in [1.807, 2.05) is 18.2 Å². The van der Waals surface area contributed by atoms with Crippen molar-refractivity contribution in [2.75, 3.05) is 0 Å². The van der Waals surface area contributed by atoms with E-state index >= 15 is 0 Å². The first kappa shape index (κ1) is 5.92. The first-order chi connectivity index (χ1) is 3.93. The van der Waals surface area contributed by atoms with Crippen molar-refractivity contribution in [1.82, 2.24) is 4.98 Å². The van der Waals surface area contributed by atoms with Crippen LogP contribution in [-0.2, 0) is 0 Å². The Morgan fingerprint density at radius 3 is 2.75 bits per heavy atom. The molecule has 1 nitrogen and oxygen atoms in total. The fourth-order valence-electron chi connectivity index (χ4n) is 0.393. The standard InChI is InChI=1S/C5H4ClNS/c6-8-5-3-1-2-4-7-5/h1-4H. The molecule has 0 spiro atoms. The van der Waals surface area contributed by atoms with Gasteiger partial charge in [0.25, 0.3) is 0 Å². The van der Waals surface area contributed by atoms with Gasteiger partial charge in [-0.25, -0.2) is 4.98 Å². The Morgan fingerprint density at radius 1 is 1.50 bits per heavy atom. The minimum Gasteiger partial charge on any atom is -0.249 e. The monoisotopic (exact) mass is 145 g/mol. The summed E-state index contributed by atoms with van der Waals surface area (Å²) in [5.74, 6) is 0. The lowest BCUT2D eigenvalue weighted by Gasteiger charge is -1.86. The quantitative estimate of drug-likeness (QED) is 0.602. The van der Waals surface area contributed by atoms with Crippen LogP contribution >= 0.6 is 21.7 Å². The SMILES string of the molecule is ClSc1ccccn1. The number of aromatic nitrogens is 1. The van der Waals surface area contributed by atoms with Crippen molar-refractivity contribution in [1.29, 1.82) is 0 Å². The normalized spacial score (nSPS) is 9.12. The van der Waals surface area contributed by atoms with Crippen LogP contribution in [0.1, 0.15) is 0 Å². The van der Waals surface area contributed by atoms with Crippen LogP contribution in [-0.4, -0.2) is 4.98 Å². The summed E-state index contributed by atoms with van der Waals surface area (Å²) in [6.45, 7) is 0. The second kappa shape index (κ2) is 2.95. The highest BCUT2D eigenvalue weighted by molar-refractivity contribution is 8.21. The van der Waals surface area contributed by atoms with Crippen LogP contribution in [0.3, 0.4) is 0 Å². The van der Waals surface area contributed by atoms with Crippen molar-refractivity contribution in [2.45, 2.75) is 5.03 Å². The molecule has 1 heterocycles. The first-order valence-electron chi connectivity index (χ1n) is 2.13. The maximum Gasteiger partial charge on any atom is 0.111 e. The molecule has 0 saturated heterocycles. The van der Waals surface area contributed by atoms with Gasteiger partial charge in [-0.3, -0.25) is 0 Å². The van der Waals surface area contributed by atoms with Crippen molar-refractivity contribution >= 4 is 21.7 Å². The lowest BCUT2D eigenvalue weighted by molar-refractivity contribution is 1.14. The van der Waals surface area contributed by atoms with Crippen molar-refractivity contribution in [3.63, 3.8) is 0 Å². The van der Waals surface area contributed by atoms with Gasteiger partial charge in [0.15, 0.2) is 0 Å². The second-order valence-corrected chi connectivity index (χ2v) is 2.28. The molecule has 42 valence electrons. The second-order valence-electron chi connectivity index (χ2n) is 1.25. The van der Waals surface area contributed by atoms with Gasteiger partial charge < -0.3 is 0 Å². The van der Waals surface area contributed by atoms with E-state index in [2.05, 4.69) is 4.98 Å². The molecule has 0 radical (unpaired) electrons. The number of hydrogen-bond acceptors (Lipinski definition) is 2. The lowest BCUT2D eigenvalue weighted by atomic mass is 10.5. The van der Waals surface area contributed by atoms with Gasteiger partial charge in [0.05, 0.1) is 0 Å². The average molecular weight is 146 g/mol. The van der Waals surface area contributed by atoms with Crippen molar-refractivity contribution < 1.29 is 0 Å². The Morgan fingerprint density at radius 2 is 2.38 bits per heavy atom. The third-order valence-corrected chi connectivity index (χ3v) is 1.59. The van der Waals surface area contributed by atoms with Gasteiger partial charge in [-0.15, -0.1) is 0 Å². The third kappa shape index (κ3) is 1.39. The van der Waals surface area contributed by atoms with E-state index in [9.17, 15) is 0 Å². The fourth-order valence-corrected chi connectivity index (χ4v) is 0.897. The van der Waals surface area contributed by atoms with Crippen LogP contribution in [0.5, 0.6) is 0 Å². The lowest BCUT2D eigenvalue weighted by Crippen LogP contribution is -1.69. The fraction of sp³-hybridized carbons (Fsp3) is 0. The van der Waals surface area contributed by atoms with Crippen LogP contribution in [0.15, 0.2) is 29.4 Å². The zero-order chi connectivity index (χ0) is 5.82. The molecule has 0 atom stereocenters. The van der Waals surface area contributed by atoms with Crippen LogP contribution in [0.4, 0.5) is 0 Å². The minimum absolute atomic E-state index is 0.842. The molecular weight excluding hydrogens is 142 g/mol. The number of halogens is 1. The average Bonchev–Trinajstić information content (AvgIpc) is 1.90. The molecule has 0 fully saturated rings. The summed E-state index contributed by atoms with van der Waals surface area (Å²) in [5, 5.41) is 0.842.